The van der Waals surface area contributed by atoms with E-state index in [-0.39, 0.29) is 18.1 Å². The Balaban J connectivity index is 1.63. The number of H-pyrrole nitrogens is 1. The Labute approximate surface area is 118 Å². The summed E-state index contributed by atoms with van der Waals surface area (Å²) in [6.07, 6.45) is 4.62. The molecule has 2 heterocycles. The maximum Gasteiger partial charge on any atom is 0.224 e. The Morgan fingerprint density at radius 2 is 2.35 bits per heavy atom. The second kappa shape index (κ2) is 5.67. The number of benzene rings is 1. The number of fused-ring (bicyclic) bond motifs is 1. The van der Waals surface area contributed by atoms with Crippen LogP contribution in [-0.4, -0.2) is 29.6 Å². The zero-order valence-electron chi connectivity index (χ0n) is 11.7. The third kappa shape index (κ3) is 2.70. The van der Waals surface area contributed by atoms with Crippen LogP contribution in [0.3, 0.4) is 0 Å². The summed E-state index contributed by atoms with van der Waals surface area (Å²) in [4.78, 5) is 15.3. The number of aromatic nitrogens is 1. The van der Waals surface area contributed by atoms with Gasteiger partial charge in [-0.2, -0.15) is 0 Å². The fraction of sp³-hybridized carbons (Fsp3) is 0.438. The van der Waals surface area contributed by atoms with Crippen molar-refractivity contribution in [1.82, 2.24) is 10.3 Å². The molecule has 1 aromatic heterocycles. The minimum absolute atomic E-state index is 0.0535. The summed E-state index contributed by atoms with van der Waals surface area (Å²) in [7, 11) is 0. The highest BCUT2D eigenvalue weighted by Crippen LogP contribution is 2.19. The number of rotatable bonds is 4. The van der Waals surface area contributed by atoms with Gasteiger partial charge in [-0.3, -0.25) is 4.79 Å². The Morgan fingerprint density at radius 1 is 1.50 bits per heavy atom. The number of carbonyl (C=O) groups excluding carboxylic acids is 1. The highest BCUT2D eigenvalue weighted by molar-refractivity contribution is 5.88. The van der Waals surface area contributed by atoms with Gasteiger partial charge in [-0.1, -0.05) is 18.2 Å². The van der Waals surface area contributed by atoms with Crippen molar-refractivity contribution < 1.29 is 9.53 Å². The van der Waals surface area contributed by atoms with Crippen molar-refractivity contribution in [3.63, 3.8) is 0 Å². The van der Waals surface area contributed by atoms with Crippen molar-refractivity contribution in [1.29, 1.82) is 0 Å². The summed E-state index contributed by atoms with van der Waals surface area (Å²) in [5, 5.41) is 4.16. The molecule has 3 rings (SSSR count). The van der Waals surface area contributed by atoms with Crippen LogP contribution >= 0.6 is 0 Å². The van der Waals surface area contributed by atoms with Crippen LogP contribution in [0.4, 0.5) is 0 Å². The standard InChI is InChI=1S/C16H20N2O2/c1-11(15-7-4-8-20-15)18-16(19)9-12-10-17-14-6-3-2-5-13(12)14/h2-3,5-6,10-11,15,17H,4,7-9H2,1H3,(H,18,19). The van der Waals surface area contributed by atoms with E-state index >= 15 is 0 Å². The molecule has 0 bridgehead atoms. The zero-order chi connectivity index (χ0) is 13.9. The predicted octanol–water partition coefficient (Wildman–Crippen LogP) is 2.39. The number of carbonyl (C=O) groups is 1. The summed E-state index contributed by atoms with van der Waals surface area (Å²) < 4.78 is 5.60. The Bertz CT molecular complexity index is 599. The lowest BCUT2D eigenvalue weighted by Crippen LogP contribution is -2.41. The molecule has 0 spiro atoms. The molecule has 20 heavy (non-hydrogen) atoms. The number of hydrogen-bond donors (Lipinski definition) is 2. The van der Waals surface area contributed by atoms with Crippen molar-refractivity contribution in [2.75, 3.05) is 6.61 Å². The minimum atomic E-state index is 0.0535. The highest BCUT2D eigenvalue weighted by Gasteiger charge is 2.23. The largest absolute Gasteiger partial charge is 0.376 e. The van der Waals surface area contributed by atoms with E-state index in [1.165, 1.54) is 0 Å². The van der Waals surface area contributed by atoms with Crippen LogP contribution < -0.4 is 5.32 Å². The van der Waals surface area contributed by atoms with Gasteiger partial charge in [-0.05, 0) is 31.4 Å². The number of para-hydroxylation sites is 1. The van der Waals surface area contributed by atoms with Crippen molar-refractivity contribution in [2.45, 2.75) is 38.3 Å². The summed E-state index contributed by atoms with van der Waals surface area (Å²) in [6.45, 7) is 2.83. The van der Waals surface area contributed by atoms with Crippen LogP contribution in [0.2, 0.25) is 0 Å². The molecule has 1 aliphatic rings. The number of aromatic amines is 1. The van der Waals surface area contributed by atoms with E-state index in [1.54, 1.807) is 0 Å². The molecule has 4 nitrogen and oxygen atoms in total. The molecule has 1 fully saturated rings. The van der Waals surface area contributed by atoms with E-state index < -0.39 is 0 Å². The van der Waals surface area contributed by atoms with Gasteiger partial charge in [-0.25, -0.2) is 0 Å². The molecule has 4 heteroatoms. The number of amides is 1. The second-order valence-corrected chi connectivity index (χ2v) is 5.44. The molecule has 2 aromatic rings. The van der Waals surface area contributed by atoms with Gasteiger partial charge in [0.2, 0.25) is 5.91 Å². The first-order valence-corrected chi connectivity index (χ1v) is 7.20. The Hall–Kier alpha value is -1.81. The normalized spacial score (nSPS) is 20.1. The lowest BCUT2D eigenvalue weighted by Gasteiger charge is -2.19. The highest BCUT2D eigenvalue weighted by atomic mass is 16.5. The summed E-state index contributed by atoms with van der Waals surface area (Å²) in [6, 6.07) is 8.12. The number of ether oxygens (including phenoxy) is 1. The molecule has 1 saturated heterocycles. The molecule has 1 aromatic carbocycles. The predicted molar refractivity (Wildman–Crippen MR) is 78.6 cm³/mol. The van der Waals surface area contributed by atoms with Gasteiger partial charge in [0.15, 0.2) is 0 Å². The Morgan fingerprint density at radius 3 is 3.15 bits per heavy atom. The average Bonchev–Trinajstić information content (AvgIpc) is 3.09. The van der Waals surface area contributed by atoms with E-state index in [0.29, 0.717) is 6.42 Å². The van der Waals surface area contributed by atoms with Gasteiger partial charge in [0.05, 0.1) is 18.6 Å². The third-order valence-corrected chi connectivity index (χ3v) is 3.94. The van der Waals surface area contributed by atoms with Crippen molar-refractivity contribution in [3.05, 3.63) is 36.0 Å². The quantitative estimate of drug-likeness (QED) is 0.898. The Kier molecular flexibility index (Phi) is 3.74. The maximum absolute atomic E-state index is 12.1. The molecule has 2 N–H and O–H groups in total. The molecular formula is C16H20N2O2. The topological polar surface area (TPSA) is 54.1 Å². The van der Waals surface area contributed by atoms with Gasteiger partial charge in [0, 0.05) is 23.7 Å². The number of hydrogen-bond acceptors (Lipinski definition) is 2. The molecule has 2 unspecified atom stereocenters. The molecule has 1 amide bonds. The molecule has 0 radical (unpaired) electrons. The molecule has 2 atom stereocenters. The van der Waals surface area contributed by atoms with Gasteiger partial charge < -0.3 is 15.0 Å². The lowest BCUT2D eigenvalue weighted by atomic mass is 10.1. The van der Waals surface area contributed by atoms with Crippen LogP contribution in [0.25, 0.3) is 10.9 Å². The fourth-order valence-electron chi connectivity index (χ4n) is 2.85. The van der Waals surface area contributed by atoms with Crippen LogP contribution in [-0.2, 0) is 16.0 Å². The van der Waals surface area contributed by atoms with Crippen LogP contribution in [0.5, 0.6) is 0 Å². The van der Waals surface area contributed by atoms with Crippen molar-refractivity contribution >= 4 is 16.8 Å². The fourth-order valence-corrected chi connectivity index (χ4v) is 2.85. The van der Waals surface area contributed by atoms with Crippen LogP contribution in [0.1, 0.15) is 25.3 Å². The minimum Gasteiger partial charge on any atom is -0.376 e. The molecule has 0 saturated carbocycles. The maximum atomic E-state index is 12.1. The third-order valence-electron chi connectivity index (χ3n) is 3.94. The van der Waals surface area contributed by atoms with Gasteiger partial charge in [-0.15, -0.1) is 0 Å². The summed E-state index contributed by atoms with van der Waals surface area (Å²) >= 11 is 0. The van der Waals surface area contributed by atoms with E-state index in [4.69, 9.17) is 4.74 Å². The zero-order valence-corrected chi connectivity index (χ0v) is 11.7. The van der Waals surface area contributed by atoms with Gasteiger partial charge in [0.1, 0.15) is 0 Å². The summed E-state index contributed by atoms with van der Waals surface area (Å²) in [5.41, 5.74) is 2.11. The first-order valence-electron chi connectivity index (χ1n) is 7.20. The second-order valence-electron chi connectivity index (χ2n) is 5.44. The monoisotopic (exact) mass is 272 g/mol. The van der Waals surface area contributed by atoms with Crippen molar-refractivity contribution in [2.24, 2.45) is 0 Å². The first kappa shape index (κ1) is 13.2. The van der Waals surface area contributed by atoms with Gasteiger partial charge in [0.25, 0.3) is 0 Å². The van der Waals surface area contributed by atoms with E-state index in [1.807, 2.05) is 37.4 Å². The number of nitrogens with one attached hydrogen (secondary N) is 2. The molecular weight excluding hydrogens is 252 g/mol. The lowest BCUT2D eigenvalue weighted by molar-refractivity contribution is -0.121. The molecule has 0 aliphatic carbocycles. The SMILES string of the molecule is CC(NC(=O)Cc1c[nH]c2ccccc12)C1CCCO1. The average molecular weight is 272 g/mol. The van der Waals surface area contributed by atoms with Crippen LogP contribution in [0.15, 0.2) is 30.5 Å². The van der Waals surface area contributed by atoms with E-state index in [0.717, 1.165) is 35.9 Å². The smallest absolute Gasteiger partial charge is 0.224 e. The first-order chi connectivity index (χ1) is 9.74. The van der Waals surface area contributed by atoms with E-state index in [2.05, 4.69) is 10.3 Å². The van der Waals surface area contributed by atoms with Gasteiger partial charge >= 0.3 is 0 Å². The van der Waals surface area contributed by atoms with E-state index in [9.17, 15) is 4.79 Å². The molecule has 106 valence electrons. The van der Waals surface area contributed by atoms with Crippen molar-refractivity contribution in [3.8, 4) is 0 Å². The molecule has 1 aliphatic heterocycles. The van der Waals surface area contributed by atoms with Crippen LogP contribution in [0, 0.1) is 0 Å². The summed E-state index contributed by atoms with van der Waals surface area (Å²) in [5.74, 6) is 0.0535.